The van der Waals surface area contributed by atoms with Crippen LogP contribution in [-0.4, -0.2) is 11.8 Å². The third kappa shape index (κ3) is 2.01. The number of ketones is 1. The molecule has 0 aromatic heterocycles. The van der Waals surface area contributed by atoms with Gasteiger partial charge in [-0.05, 0) is 32.8 Å². The minimum atomic E-state index is 0.134. The van der Waals surface area contributed by atoms with E-state index >= 15 is 0 Å². The van der Waals surface area contributed by atoms with Gasteiger partial charge in [0.25, 0.3) is 0 Å². The van der Waals surface area contributed by atoms with Gasteiger partial charge >= 0.3 is 0 Å². The normalized spacial score (nSPS) is 19.8. The summed E-state index contributed by atoms with van der Waals surface area (Å²) in [5, 5.41) is 3.28. The largest absolute Gasteiger partial charge is 0.385 e. The van der Waals surface area contributed by atoms with Gasteiger partial charge in [0.05, 0.1) is 0 Å². The molecule has 1 heterocycles. The highest BCUT2D eigenvalue weighted by Crippen LogP contribution is 2.22. The number of hydrogen-bond donors (Lipinski definition) is 1. The molecule has 0 saturated carbocycles. The Morgan fingerprint density at radius 1 is 1.38 bits per heavy atom. The van der Waals surface area contributed by atoms with Gasteiger partial charge in [-0.3, -0.25) is 4.79 Å². The van der Waals surface area contributed by atoms with Gasteiger partial charge in [-0.15, -0.1) is 0 Å². The van der Waals surface area contributed by atoms with E-state index in [-0.39, 0.29) is 5.78 Å². The molecule has 1 atom stereocenters. The van der Waals surface area contributed by atoms with Crippen LogP contribution in [0.1, 0.15) is 36.2 Å². The second-order valence-electron chi connectivity index (χ2n) is 4.38. The van der Waals surface area contributed by atoms with E-state index in [1.165, 1.54) is 0 Å². The third-order valence-corrected chi connectivity index (χ3v) is 2.92. The average Bonchev–Trinajstić information content (AvgIpc) is 2.58. The maximum absolute atomic E-state index is 12.2. The number of carbonyl (C=O) groups is 1. The summed E-state index contributed by atoms with van der Waals surface area (Å²) in [4.78, 5) is 12.2. The zero-order chi connectivity index (χ0) is 11.7. The monoisotopic (exact) mass is 214 g/mol. The number of nitrogens with one attached hydrogen (secondary N) is 1. The number of hydrogen-bond acceptors (Lipinski definition) is 2. The lowest BCUT2D eigenvalue weighted by Crippen LogP contribution is -2.16. The fraction of sp³-hybridized carbons (Fsp3) is 0.286. The molecular formula is C14H16NO. The Balaban J connectivity index is 2.26. The highest BCUT2D eigenvalue weighted by molar-refractivity contribution is 6.09. The number of Topliss-reactive ketones (excluding diaryl/α,β-unsaturated/α-hetero) is 1. The molecule has 1 aliphatic rings. The highest BCUT2D eigenvalue weighted by Gasteiger charge is 2.23. The summed E-state index contributed by atoms with van der Waals surface area (Å²) in [5.74, 6) is 0.134. The molecule has 1 N–H and O–H groups in total. The van der Waals surface area contributed by atoms with E-state index in [9.17, 15) is 4.79 Å². The van der Waals surface area contributed by atoms with Gasteiger partial charge in [-0.1, -0.05) is 24.3 Å². The van der Waals surface area contributed by atoms with Crippen molar-refractivity contribution in [2.45, 2.75) is 26.3 Å². The summed E-state index contributed by atoms with van der Waals surface area (Å²) in [7, 11) is 0. The molecule has 1 radical (unpaired) electrons. The van der Waals surface area contributed by atoms with Crippen molar-refractivity contribution < 1.29 is 4.79 Å². The fourth-order valence-electron chi connectivity index (χ4n) is 2.06. The van der Waals surface area contributed by atoms with Crippen molar-refractivity contribution in [3.63, 3.8) is 0 Å². The van der Waals surface area contributed by atoms with Crippen molar-refractivity contribution in [2.75, 3.05) is 0 Å². The smallest absolute Gasteiger partial charge is 0.190 e. The Hall–Kier alpha value is -1.57. The van der Waals surface area contributed by atoms with E-state index < -0.39 is 0 Å². The molecular weight excluding hydrogens is 198 g/mol. The maximum atomic E-state index is 12.2. The summed E-state index contributed by atoms with van der Waals surface area (Å²) in [6.07, 6.45) is 0.816. The molecule has 1 aliphatic heterocycles. The number of benzene rings is 1. The van der Waals surface area contributed by atoms with Gasteiger partial charge in [-0.2, -0.15) is 0 Å². The molecule has 0 spiro atoms. The van der Waals surface area contributed by atoms with Gasteiger partial charge in [0.1, 0.15) is 0 Å². The van der Waals surface area contributed by atoms with Crippen molar-refractivity contribution in [3.8, 4) is 0 Å². The molecule has 83 valence electrons. The Morgan fingerprint density at radius 2 is 2.00 bits per heavy atom. The van der Waals surface area contributed by atoms with Crippen LogP contribution in [0.2, 0.25) is 0 Å². The SMILES string of the molecule is [CH2]c1ccc(C(=O)C2=C(C)NC(C)C2)cc1. The van der Waals surface area contributed by atoms with Crippen molar-refractivity contribution in [1.82, 2.24) is 5.32 Å². The van der Waals surface area contributed by atoms with E-state index in [0.29, 0.717) is 6.04 Å². The Morgan fingerprint density at radius 3 is 2.50 bits per heavy atom. The molecule has 1 unspecified atom stereocenters. The summed E-state index contributed by atoms with van der Waals surface area (Å²) in [5.41, 5.74) is 3.60. The van der Waals surface area contributed by atoms with Crippen LogP contribution in [0.15, 0.2) is 35.5 Å². The molecule has 0 fully saturated rings. The number of allylic oxidation sites excluding steroid dienone is 1. The molecule has 0 bridgehead atoms. The lowest BCUT2D eigenvalue weighted by atomic mass is 9.99. The highest BCUT2D eigenvalue weighted by atomic mass is 16.1. The maximum Gasteiger partial charge on any atom is 0.190 e. The lowest BCUT2D eigenvalue weighted by molar-refractivity contribution is 0.103. The zero-order valence-corrected chi connectivity index (χ0v) is 9.71. The van der Waals surface area contributed by atoms with Crippen molar-refractivity contribution >= 4 is 5.78 Å². The first-order valence-electron chi connectivity index (χ1n) is 5.51. The van der Waals surface area contributed by atoms with Crippen molar-refractivity contribution in [1.29, 1.82) is 0 Å². The second-order valence-corrected chi connectivity index (χ2v) is 4.38. The van der Waals surface area contributed by atoms with Crippen molar-refractivity contribution in [3.05, 3.63) is 53.6 Å². The standard InChI is InChI=1S/C14H16NO/c1-9-4-6-12(7-5-9)14(16)13-8-10(2)15-11(13)3/h4-7,10,15H,1,8H2,2-3H3. The van der Waals surface area contributed by atoms with Crippen molar-refractivity contribution in [2.24, 2.45) is 0 Å². The van der Waals surface area contributed by atoms with Crippen LogP contribution in [0, 0.1) is 6.92 Å². The van der Waals surface area contributed by atoms with Gasteiger partial charge < -0.3 is 5.32 Å². The minimum Gasteiger partial charge on any atom is -0.385 e. The first-order chi connectivity index (χ1) is 7.58. The molecule has 2 heteroatoms. The van der Waals surface area contributed by atoms with E-state index in [1.807, 2.05) is 31.2 Å². The molecule has 1 aromatic carbocycles. The van der Waals surface area contributed by atoms with Crippen LogP contribution in [0.4, 0.5) is 0 Å². The summed E-state index contributed by atoms with van der Waals surface area (Å²) < 4.78 is 0. The molecule has 2 nitrogen and oxygen atoms in total. The van der Waals surface area contributed by atoms with E-state index in [1.54, 1.807) is 0 Å². The average molecular weight is 214 g/mol. The Labute approximate surface area is 96.4 Å². The predicted octanol–water partition coefficient (Wildman–Crippen LogP) is 2.71. The topological polar surface area (TPSA) is 29.1 Å². The first-order valence-corrected chi connectivity index (χ1v) is 5.51. The van der Waals surface area contributed by atoms with Crippen LogP contribution in [0.25, 0.3) is 0 Å². The number of carbonyl (C=O) groups excluding carboxylic acids is 1. The van der Waals surface area contributed by atoms with Crippen LogP contribution in [0.5, 0.6) is 0 Å². The summed E-state index contributed by atoms with van der Waals surface area (Å²) in [6.45, 7) is 7.86. The fourth-order valence-corrected chi connectivity index (χ4v) is 2.06. The van der Waals surface area contributed by atoms with Gasteiger partial charge in [0.2, 0.25) is 0 Å². The van der Waals surface area contributed by atoms with E-state index in [0.717, 1.165) is 28.8 Å². The lowest BCUT2D eigenvalue weighted by Gasteiger charge is -2.03. The van der Waals surface area contributed by atoms with Crippen LogP contribution >= 0.6 is 0 Å². The zero-order valence-electron chi connectivity index (χ0n) is 9.71. The second kappa shape index (κ2) is 4.12. The Bertz CT molecular complexity index is 442. The third-order valence-electron chi connectivity index (χ3n) is 2.92. The van der Waals surface area contributed by atoms with E-state index in [4.69, 9.17) is 0 Å². The molecule has 0 saturated heterocycles. The van der Waals surface area contributed by atoms with Gasteiger partial charge in [0, 0.05) is 22.9 Å². The molecule has 0 aliphatic carbocycles. The van der Waals surface area contributed by atoms with Crippen LogP contribution in [0.3, 0.4) is 0 Å². The molecule has 0 amide bonds. The van der Waals surface area contributed by atoms with Gasteiger partial charge in [-0.25, -0.2) is 0 Å². The molecule has 1 aromatic rings. The molecule has 16 heavy (non-hydrogen) atoms. The van der Waals surface area contributed by atoms with Gasteiger partial charge in [0.15, 0.2) is 5.78 Å². The predicted molar refractivity (Wildman–Crippen MR) is 65.1 cm³/mol. The minimum absolute atomic E-state index is 0.134. The van der Waals surface area contributed by atoms with Crippen LogP contribution < -0.4 is 5.32 Å². The first kappa shape index (κ1) is 10.9. The van der Waals surface area contributed by atoms with Crippen LogP contribution in [-0.2, 0) is 0 Å². The number of rotatable bonds is 2. The quantitative estimate of drug-likeness (QED) is 0.767. The molecule has 2 rings (SSSR count). The summed E-state index contributed by atoms with van der Waals surface area (Å²) in [6, 6.07) is 7.79. The van der Waals surface area contributed by atoms with E-state index in [2.05, 4.69) is 19.2 Å². The Kier molecular flexibility index (Phi) is 2.82. The summed E-state index contributed by atoms with van der Waals surface area (Å²) >= 11 is 0.